The molecule has 0 saturated carbocycles. The van der Waals surface area contributed by atoms with Crippen molar-refractivity contribution in [2.45, 2.75) is 6.92 Å². The molecular formula is C5H9N3O. The van der Waals surface area contributed by atoms with E-state index in [2.05, 4.69) is 5.43 Å². The molecule has 0 radical (unpaired) electrons. The maximum Gasteiger partial charge on any atom is 0.231 e. The average Bonchev–Trinajstić information content (AvgIpc) is 1.63. The molecule has 0 fully saturated rings. The first-order chi connectivity index (χ1) is 4.16. The van der Waals surface area contributed by atoms with Gasteiger partial charge in [0.25, 0.3) is 0 Å². The van der Waals surface area contributed by atoms with E-state index in [0.717, 1.165) is 0 Å². The molecule has 0 rings (SSSR count). The maximum atomic E-state index is 10.3. The molecule has 0 spiro atoms. The van der Waals surface area contributed by atoms with Crippen molar-refractivity contribution in [3.63, 3.8) is 0 Å². The number of hydrogen-bond donors (Lipinski definition) is 1. The number of hydrogen-bond acceptors (Lipinski definition) is 3. The minimum Gasteiger partial charge on any atom is -0.288 e. The third kappa shape index (κ3) is 4.78. The van der Waals surface area contributed by atoms with Crippen molar-refractivity contribution < 1.29 is 4.79 Å². The Labute approximate surface area is 54.0 Å². The molecule has 0 aromatic heterocycles. The summed E-state index contributed by atoms with van der Waals surface area (Å²) < 4.78 is 0. The van der Waals surface area contributed by atoms with Crippen LogP contribution in [0.1, 0.15) is 6.92 Å². The smallest absolute Gasteiger partial charge is 0.231 e. The van der Waals surface area contributed by atoms with E-state index >= 15 is 0 Å². The summed E-state index contributed by atoms with van der Waals surface area (Å²) in [4.78, 5) is 10.3. The summed E-state index contributed by atoms with van der Waals surface area (Å²) in [6.45, 7) is 1.60. The van der Waals surface area contributed by atoms with E-state index in [1.165, 1.54) is 11.9 Å². The molecule has 50 valence electrons. The van der Waals surface area contributed by atoms with Gasteiger partial charge < -0.3 is 0 Å². The molecule has 0 aliphatic rings. The van der Waals surface area contributed by atoms with Gasteiger partial charge in [0, 0.05) is 14.0 Å². The fourth-order valence-electron chi connectivity index (χ4n) is 0.414. The van der Waals surface area contributed by atoms with E-state index in [-0.39, 0.29) is 12.5 Å². The van der Waals surface area contributed by atoms with Crippen molar-refractivity contribution >= 4 is 5.91 Å². The van der Waals surface area contributed by atoms with Gasteiger partial charge in [0.1, 0.15) is 6.54 Å². The molecule has 4 nitrogen and oxygen atoms in total. The van der Waals surface area contributed by atoms with Crippen LogP contribution in [0.3, 0.4) is 0 Å². The zero-order valence-electron chi connectivity index (χ0n) is 5.51. The summed E-state index contributed by atoms with van der Waals surface area (Å²) in [5.41, 5.74) is 2.42. The van der Waals surface area contributed by atoms with Gasteiger partial charge in [-0.05, 0) is 0 Å². The Balaban J connectivity index is 3.40. The van der Waals surface area contributed by atoms with E-state index in [0.29, 0.717) is 0 Å². The van der Waals surface area contributed by atoms with Crippen molar-refractivity contribution in [3.8, 4) is 6.07 Å². The second-order valence-electron chi connectivity index (χ2n) is 1.68. The normalized spacial score (nSPS) is 8.67. The first-order valence-corrected chi connectivity index (χ1v) is 2.52. The number of nitrogens with one attached hydrogen (secondary N) is 1. The molecule has 0 aliphatic heterocycles. The van der Waals surface area contributed by atoms with Crippen molar-refractivity contribution in [2.75, 3.05) is 13.6 Å². The third-order valence-electron chi connectivity index (χ3n) is 0.656. The average molecular weight is 127 g/mol. The minimum absolute atomic E-state index is 0.159. The van der Waals surface area contributed by atoms with Gasteiger partial charge in [-0.2, -0.15) is 5.26 Å². The first-order valence-electron chi connectivity index (χ1n) is 2.52. The summed E-state index contributed by atoms with van der Waals surface area (Å²) in [6, 6.07) is 1.88. The topological polar surface area (TPSA) is 56.1 Å². The lowest BCUT2D eigenvalue weighted by atomic mass is 10.7. The fraction of sp³-hybridized carbons (Fsp3) is 0.600. The van der Waals surface area contributed by atoms with Crippen LogP contribution in [-0.2, 0) is 4.79 Å². The van der Waals surface area contributed by atoms with Crippen LogP contribution in [0.4, 0.5) is 0 Å². The molecule has 0 saturated heterocycles. The third-order valence-corrected chi connectivity index (χ3v) is 0.656. The van der Waals surface area contributed by atoms with Gasteiger partial charge in [-0.15, -0.1) is 0 Å². The Morgan fingerprint density at radius 1 is 1.89 bits per heavy atom. The van der Waals surface area contributed by atoms with Crippen LogP contribution in [0.15, 0.2) is 0 Å². The summed E-state index contributed by atoms with van der Waals surface area (Å²) in [7, 11) is 1.63. The lowest BCUT2D eigenvalue weighted by Gasteiger charge is -2.11. The zero-order valence-corrected chi connectivity index (χ0v) is 5.51. The van der Waals surface area contributed by atoms with Crippen LogP contribution >= 0.6 is 0 Å². The van der Waals surface area contributed by atoms with Crippen LogP contribution in [0.2, 0.25) is 0 Å². The molecule has 1 amide bonds. The van der Waals surface area contributed by atoms with Crippen molar-refractivity contribution in [3.05, 3.63) is 0 Å². The van der Waals surface area contributed by atoms with Crippen molar-refractivity contribution in [2.24, 2.45) is 0 Å². The summed E-state index contributed by atoms with van der Waals surface area (Å²) >= 11 is 0. The zero-order chi connectivity index (χ0) is 7.28. The number of rotatable bonds is 2. The van der Waals surface area contributed by atoms with Gasteiger partial charge in [-0.1, -0.05) is 0 Å². The van der Waals surface area contributed by atoms with Gasteiger partial charge in [0.2, 0.25) is 5.91 Å². The number of nitrogens with zero attached hydrogens (tertiary/aromatic N) is 2. The van der Waals surface area contributed by atoms with Crippen LogP contribution in [0.25, 0.3) is 0 Å². The highest BCUT2D eigenvalue weighted by molar-refractivity contribution is 5.72. The molecule has 0 heterocycles. The number of amides is 1. The highest BCUT2D eigenvalue weighted by atomic mass is 16.2. The Hall–Kier alpha value is -1.08. The van der Waals surface area contributed by atoms with E-state index in [4.69, 9.17) is 5.26 Å². The SMILES string of the molecule is CC(=O)NN(C)CC#N. The van der Waals surface area contributed by atoms with E-state index in [1.807, 2.05) is 6.07 Å². The summed E-state index contributed by atoms with van der Waals surface area (Å²) in [6.07, 6.45) is 0. The molecule has 0 aliphatic carbocycles. The molecular weight excluding hydrogens is 118 g/mol. The number of carbonyl (C=O) groups excluding carboxylic acids is 1. The monoisotopic (exact) mass is 127 g/mol. The van der Waals surface area contributed by atoms with Crippen LogP contribution < -0.4 is 5.43 Å². The molecule has 0 bridgehead atoms. The predicted octanol–water partition coefficient (Wildman–Crippen LogP) is -0.507. The molecule has 4 heteroatoms. The van der Waals surface area contributed by atoms with Crippen molar-refractivity contribution in [1.29, 1.82) is 5.26 Å². The lowest BCUT2D eigenvalue weighted by molar-refractivity contribution is -0.122. The summed E-state index contributed by atoms with van der Waals surface area (Å²) in [5, 5.41) is 9.53. The van der Waals surface area contributed by atoms with Crippen LogP contribution in [-0.4, -0.2) is 24.5 Å². The fourth-order valence-corrected chi connectivity index (χ4v) is 0.414. The second kappa shape index (κ2) is 3.87. The van der Waals surface area contributed by atoms with Gasteiger partial charge in [-0.3, -0.25) is 10.2 Å². The number of hydrazine groups is 1. The van der Waals surface area contributed by atoms with Crippen LogP contribution in [0.5, 0.6) is 0 Å². The first kappa shape index (κ1) is 7.92. The Morgan fingerprint density at radius 3 is 2.78 bits per heavy atom. The largest absolute Gasteiger partial charge is 0.288 e. The van der Waals surface area contributed by atoms with Gasteiger partial charge >= 0.3 is 0 Å². The highest BCUT2D eigenvalue weighted by Crippen LogP contribution is 1.70. The number of nitriles is 1. The van der Waals surface area contributed by atoms with Crippen LogP contribution in [0, 0.1) is 11.3 Å². The van der Waals surface area contributed by atoms with E-state index in [9.17, 15) is 4.79 Å². The Bertz CT molecular complexity index is 138. The second-order valence-corrected chi connectivity index (χ2v) is 1.68. The van der Waals surface area contributed by atoms with Crippen molar-refractivity contribution in [1.82, 2.24) is 10.4 Å². The van der Waals surface area contributed by atoms with Gasteiger partial charge in [0.05, 0.1) is 6.07 Å². The number of carbonyl (C=O) groups is 1. The van der Waals surface area contributed by atoms with E-state index in [1.54, 1.807) is 7.05 Å². The maximum absolute atomic E-state index is 10.3. The van der Waals surface area contributed by atoms with Gasteiger partial charge in [0.15, 0.2) is 0 Å². The lowest BCUT2D eigenvalue weighted by Crippen LogP contribution is -2.37. The Morgan fingerprint density at radius 2 is 2.44 bits per heavy atom. The quantitative estimate of drug-likeness (QED) is 0.401. The molecule has 0 aromatic carbocycles. The van der Waals surface area contributed by atoms with Gasteiger partial charge in [-0.25, -0.2) is 5.01 Å². The highest BCUT2D eigenvalue weighted by Gasteiger charge is 1.95. The molecule has 1 N–H and O–H groups in total. The molecule has 0 atom stereocenters. The Kier molecular flexibility index (Phi) is 3.40. The molecule has 9 heavy (non-hydrogen) atoms. The standard InChI is InChI=1S/C5H9N3O/c1-5(9)7-8(2)4-3-6/h4H2,1-2H3,(H,7,9). The molecule has 0 aromatic rings. The summed E-state index contributed by atoms with van der Waals surface area (Å²) in [5.74, 6) is -0.159. The predicted molar refractivity (Wildman–Crippen MR) is 32.1 cm³/mol. The minimum atomic E-state index is -0.159. The van der Waals surface area contributed by atoms with E-state index < -0.39 is 0 Å². The molecule has 0 unspecified atom stereocenters.